The van der Waals surface area contributed by atoms with Gasteiger partial charge in [0.15, 0.2) is 0 Å². The highest BCUT2D eigenvalue weighted by atomic mass is 79.9. The average molecular weight is 501 g/mol. The van der Waals surface area contributed by atoms with Crippen molar-refractivity contribution in [1.82, 2.24) is 10.2 Å². The number of ether oxygens (including phenoxy) is 1. The summed E-state index contributed by atoms with van der Waals surface area (Å²) in [5.74, 6) is 0. The SMILES string of the molecule is CC(C)(C)OC(=O)N[C@H]1CCCN(C(=O)Nc2c(Cl)cc(Br)cc2C(F)(F)F)C1. The van der Waals surface area contributed by atoms with Gasteiger partial charge in [0.2, 0.25) is 0 Å². The van der Waals surface area contributed by atoms with E-state index in [-0.39, 0.29) is 22.1 Å². The van der Waals surface area contributed by atoms with Crippen molar-refractivity contribution < 1.29 is 27.5 Å². The quantitative estimate of drug-likeness (QED) is 0.552. The van der Waals surface area contributed by atoms with Gasteiger partial charge in [-0.25, -0.2) is 9.59 Å². The fourth-order valence-electron chi connectivity index (χ4n) is 2.86. The summed E-state index contributed by atoms with van der Waals surface area (Å²) in [5, 5.41) is 4.71. The monoisotopic (exact) mass is 499 g/mol. The van der Waals surface area contributed by atoms with Crippen LogP contribution in [0.5, 0.6) is 0 Å². The van der Waals surface area contributed by atoms with Gasteiger partial charge in [-0.2, -0.15) is 13.2 Å². The number of anilines is 1. The highest BCUT2D eigenvalue weighted by Gasteiger charge is 2.36. The predicted molar refractivity (Wildman–Crippen MR) is 107 cm³/mol. The first-order chi connectivity index (χ1) is 13.3. The zero-order valence-electron chi connectivity index (χ0n) is 16.1. The van der Waals surface area contributed by atoms with Gasteiger partial charge in [-0.15, -0.1) is 0 Å². The fraction of sp³-hybridized carbons (Fsp3) is 0.556. The number of hydrogen-bond acceptors (Lipinski definition) is 3. The van der Waals surface area contributed by atoms with Gasteiger partial charge in [0, 0.05) is 23.6 Å². The first-order valence-corrected chi connectivity index (χ1v) is 10.0. The highest BCUT2D eigenvalue weighted by Crippen LogP contribution is 2.40. The third-order valence-electron chi connectivity index (χ3n) is 4.02. The van der Waals surface area contributed by atoms with Crippen LogP contribution in [0, 0.1) is 0 Å². The summed E-state index contributed by atoms with van der Waals surface area (Å²) in [6, 6.07) is 1.03. The molecule has 1 atom stereocenters. The van der Waals surface area contributed by atoms with Crippen LogP contribution < -0.4 is 10.6 Å². The molecule has 0 spiro atoms. The molecule has 1 aromatic rings. The Morgan fingerprint density at radius 2 is 1.93 bits per heavy atom. The zero-order valence-corrected chi connectivity index (χ0v) is 18.5. The number of piperidine rings is 1. The molecule has 1 heterocycles. The van der Waals surface area contributed by atoms with Crippen molar-refractivity contribution in [1.29, 1.82) is 0 Å². The number of alkyl halides is 3. The molecule has 3 amide bonds. The number of carbonyl (C=O) groups excluding carboxylic acids is 2. The predicted octanol–water partition coefficient (Wildman–Crippen LogP) is 5.64. The molecule has 2 N–H and O–H groups in total. The van der Waals surface area contributed by atoms with Crippen LogP contribution in [0.4, 0.5) is 28.4 Å². The zero-order chi connectivity index (χ0) is 22.0. The average Bonchev–Trinajstić information content (AvgIpc) is 2.54. The topological polar surface area (TPSA) is 70.7 Å². The number of benzene rings is 1. The number of likely N-dealkylation sites (tertiary alicyclic amines) is 1. The molecule has 0 unspecified atom stereocenters. The van der Waals surface area contributed by atoms with Crippen molar-refractivity contribution in [3.8, 4) is 0 Å². The molecular formula is C18H22BrClF3N3O3. The Morgan fingerprint density at radius 1 is 1.28 bits per heavy atom. The van der Waals surface area contributed by atoms with Crippen LogP contribution in [0.25, 0.3) is 0 Å². The Balaban J connectivity index is 2.09. The van der Waals surface area contributed by atoms with Gasteiger partial charge in [0.1, 0.15) is 5.60 Å². The van der Waals surface area contributed by atoms with Gasteiger partial charge in [0.05, 0.1) is 16.3 Å². The maximum atomic E-state index is 13.3. The van der Waals surface area contributed by atoms with Crippen molar-refractivity contribution in [3.63, 3.8) is 0 Å². The van der Waals surface area contributed by atoms with Crippen molar-refractivity contribution in [2.24, 2.45) is 0 Å². The number of nitrogens with one attached hydrogen (secondary N) is 2. The second-order valence-corrected chi connectivity index (χ2v) is 8.99. The molecule has 162 valence electrons. The standard InChI is InChI=1S/C18H22BrClF3N3O3/c1-17(2,3)29-16(28)24-11-5-4-6-26(9-11)15(27)25-14-12(18(21,22)23)7-10(19)8-13(14)20/h7-8,11H,4-6,9H2,1-3H3,(H,24,28)(H,25,27)/t11-/m0/s1. The van der Waals surface area contributed by atoms with Gasteiger partial charge in [-0.3, -0.25) is 0 Å². The summed E-state index contributed by atoms with van der Waals surface area (Å²) < 4.78 is 45.3. The highest BCUT2D eigenvalue weighted by molar-refractivity contribution is 9.10. The number of amides is 3. The van der Waals surface area contributed by atoms with Crippen LogP contribution in [-0.2, 0) is 10.9 Å². The second kappa shape index (κ2) is 8.99. The molecule has 0 radical (unpaired) electrons. The third kappa shape index (κ3) is 6.95. The Labute approximate surface area is 180 Å². The van der Waals surface area contributed by atoms with Crippen molar-refractivity contribution >= 4 is 45.3 Å². The lowest BCUT2D eigenvalue weighted by Gasteiger charge is -2.33. The minimum atomic E-state index is -4.70. The summed E-state index contributed by atoms with van der Waals surface area (Å²) in [6.45, 7) is 5.67. The van der Waals surface area contributed by atoms with E-state index in [9.17, 15) is 22.8 Å². The number of hydrogen-bond donors (Lipinski definition) is 2. The normalized spacial score (nSPS) is 17.7. The summed E-state index contributed by atoms with van der Waals surface area (Å²) in [7, 11) is 0. The van der Waals surface area contributed by atoms with Gasteiger partial charge < -0.3 is 20.3 Å². The molecule has 0 bridgehead atoms. The maximum Gasteiger partial charge on any atom is 0.418 e. The molecule has 0 saturated carbocycles. The molecule has 11 heteroatoms. The van der Waals surface area contributed by atoms with Crippen LogP contribution in [0.2, 0.25) is 5.02 Å². The Morgan fingerprint density at radius 3 is 2.52 bits per heavy atom. The lowest BCUT2D eigenvalue weighted by atomic mass is 10.1. The molecule has 29 heavy (non-hydrogen) atoms. The molecule has 1 aromatic carbocycles. The summed E-state index contributed by atoms with van der Waals surface area (Å²) in [6.07, 6.45) is -4.11. The van der Waals surface area contributed by atoms with E-state index in [1.165, 1.54) is 11.0 Å². The van der Waals surface area contributed by atoms with E-state index in [2.05, 4.69) is 26.6 Å². The van der Waals surface area contributed by atoms with E-state index < -0.39 is 35.2 Å². The van der Waals surface area contributed by atoms with E-state index in [1.54, 1.807) is 20.8 Å². The number of urea groups is 1. The molecule has 6 nitrogen and oxygen atoms in total. The number of rotatable bonds is 2. The van der Waals surface area contributed by atoms with E-state index in [0.29, 0.717) is 19.4 Å². The fourth-order valence-corrected chi connectivity index (χ4v) is 3.72. The molecule has 1 aliphatic rings. The smallest absolute Gasteiger partial charge is 0.418 e. The number of carbonyl (C=O) groups is 2. The lowest BCUT2D eigenvalue weighted by Crippen LogP contribution is -2.51. The Bertz CT molecular complexity index is 784. The minimum absolute atomic E-state index is 0.139. The molecular weight excluding hydrogens is 479 g/mol. The summed E-state index contributed by atoms with van der Waals surface area (Å²) in [5.41, 5.74) is -2.22. The minimum Gasteiger partial charge on any atom is -0.444 e. The number of nitrogens with zero attached hydrogens (tertiary/aromatic N) is 1. The molecule has 2 rings (SSSR count). The van der Waals surface area contributed by atoms with Gasteiger partial charge >= 0.3 is 18.3 Å². The van der Waals surface area contributed by atoms with E-state index in [0.717, 1.165) is 6.07 Å². The van der Waals surface area contributed by atoms with Crippen molar-refractivity contribution in [2.45, 2.75) is 51.4 Å². The maximum absolute atomic E-state index is 13.3. The van der Waals surface area contributed by atoms with E-state index in [4.69, 9.17) is 16.3 Å². The number of halogens is 5. The van der Waals surface area contributed by atoms with E-state index in [1.807, 2.05) is 0 Å². The van der Waals surface area contributed by atoms with Crippen molar-refractivity contribution in [2.75, 3.05) is 18.4 Å². The Hall–Kier alpha value is -1.68. The molecule has 0 aliphatic carbocycles. The van der Waals surface area contributed by atoms with Gasteiger partial charge in [0.25, 0.3) is 0 Å². The molecule has 1 fully saturated rings. The van der Waals surface area contributed by atoms with Crippen LogP contribution >= 0.6 is 27.5 Å². The molecule has 1 saturated heterocycles. The number of alkyl carbamates (subject to hydrolysis) is 1. The van der Waals surface area contributed by atoms with Crippen LogP contribution in [0.3, 0.4) is 0 Å². The van der Waals surface area contributed by atoms with Gasteiger partial charge in [-0.1, -0.05) is 27.5 Å². The van der Waals surface area contributed by atoms with Crippen LogP contribution in [0.1, 0.15) is 39.2 Å². The van der Waals surface area contributed by atoms with Crippen molar-refractivity contribution in [3.05, 3.63) is 27.2 Å². The molecule has 1 aliphatic heterocycles. The third-order valence-corrected chi connectivity index (χ3v) is 4.78. The largest absolute Gasteiger partial charge is 0.444 e. The first-order valence-electron chi connectivity index (χ1n) is 8.88. The van der Waals surface area contributed by atoms with Crippen LogP contribution in [-0.4, -0.2) is 41.8 Å². The molecule has 0 aromatic heterocycles. The summed E-state index contributed by atoms with van der Waals surface area (Å²) >= 11 is 8.92. The van der Waals surface area contributed by atoms with E-state index >= 15 is 0 Å². The van der Waals surface area contributed by atoms with Gasteiger partial charge in [-0.05, 0) is 45.7 Å². The van der Waals surface area contributed by atoms with Crippen LogP contribution in [0.15, 0.2) is 16.6 Å². The summed E-state index contributed by atoms with van der Waals surface area (Å²) in [4.78, 5) is 25.8. The first kappa shape index (κ1) is 23.6. The lowest BCUT2D eigenvalue weighted by molar-refractivity contribution is -0.137. The second-order valence-electron chi connectivity index (χ2n) is 7.67. The Kier molecular flexibility index (Phi) is 7.32.